The Morgan fingerprint density at radius 1 is 1.24 bits per heavy atom. The largest absolute Gasteiger partial charge is 0.462 e. The number of ether oxygens (including phenoxy) is 1. The maximum Gasteiger partial charge on any atom is 0.343 e. The molecule has 1 N–H and O–H groups in total. The molecular formula is C15H15F3N2O5. The summed E-state index contributed by atoms with van der Waals surface area (Å²) in [6, 6.07) is 0. The van der Waals surface area contributed by atoms with E-state index in [1.807, 2.05) is 0 Å². The van der Waals surface area contributed by atoms with Crippen LogP contribution in [-0.2, 0) is 9.53 Å². The van der Waals surface area contributed by atoms with Gasteiger partial charge in [0, 0.05) is 18.8 Å². The summed E-state index contributed by atoms with van der Waals surface area (Å²) in [6.45, 7) is 2.43. The van der Waals surface area contributed by atoms with E-state index in [1.54, 1.807) is 6.92 Å². The van der Waals surface area contributed by atoms with E-state index >= 15 is 0 Å². The maximum atomic E-state index is 14.3. The third-order valence-corrected chi connectivity index (χ3v) is 3.12. The lowest BCUT2D eigenvalue weighted by Crippen LogP contribution is -2.22. The molecule has 0 spiro atoms. The van der Waals surface area contributed by atoms with Gasteiger partial charge in [-0.2, -0.15) is 4.39 Å². The first-order chi connectivity index (χ1) is 11.7. The summed E-state index contributed by atoms with van der Waals surface area (Å²) in [7, 11) is 1.31. The standard InChI is InChI=1S/C15H15F3N2O5/c1-4-5-25-15(22)8(6-19-3)14(21)9-10(16)7(2)11(17)12(18)13(9)20(23)24/h6,19H,4-5H2,1-3H3/b8-6+. The molecule has 0 saturated heterocycles. The van der Waals surface area contributed by atoms with Crippen LogP contribution in [-0.4, -0.2) is 30.3 Å². The molecule has 0 amide bonds. The number of carbonyl (C=O) groups is 2. The quantitative estimate of drug-likeness (QED) is 0.117. The van der Waals surface area contributed by atoms with Gasteiger partial charge in [0.05, 0.1) is 11.5 Å². The van der Waals surface area contributed by atoms with Gasteiger partial charge in [-0.25, -0.2) is 13.6 Å². The Hall–Kier alpha value is -2.91. The fraction of sp³-hybridized carbons (Fsp3) is 0.333. The monoisotopic (exact) mass is 360 g/mol. The van der Waals surface area contributed by atoms with Crippen LogP contribution in [0.2, 0.25) is 0 Å². The second-order valence-corrected chi connectivity index (χ2v) is 4.86. The summed E-state index contributed by atoms with van der Waals surface area (Å²) in [6.07, 6.45) is 1.26. The Morgan fingerprint density at radius 2 is 1.84 bits per heavy atom. The lowest BCUT2D eigenvalue weighted by Gasteiger charge is -2.11. The van der Waals surface area contributed by atoms with Crippen molar-refractivity contribution in [1.29, 1.82) is 0 Å². The molecule has 0 aliphatic carbocycles. The highest BCUT2D eigenvalue weighted by molar-refractivity contribution is 6.25. The van der Waals surface area contributed by atoms with Crippen molar-refractivity contribution in [2.45, 2.75) is 20.3 Å². The second-order valence-electron chi connectivity index (χ2n) is 4.86. The highest BCUT2D eigenvalue weighted by Gasteiger charge is 2.37. The molecule has 0 aliphatic rings. The van der Waals surface area contributed by atoms with E-state index in [-0.39, 0.29) is 6.61 Å². The summed E-state index contributed by atoms with van der Waals surface area (Å²) < 4.78 is 46.5. The van der Waals surface area contributed by atoms with Gasteiger partial charge in [-0.3, -0.25) is 14.9 Å². The van der Waals surface area contributed by atoms with Crippen LogP contribution >= 0.6 is 0 Å². The number of nitro groups is 1. The van der Waals surface area contributed by atoms with Crippen molar-refractivity contribution in [3.8, 4) is 0 Å². The van der Waals surface area contributed by atoms with Gasteiger partial charge in [-0.05, 0) is 13.3 Å². The molecule has 0 aliphatic heterocycles. The minimum atomic E-state index is -1.99. The number of esters is 1. The van der Waals surface area contributed by atoms with E-state index in [1.165, 1.54) is 7.05 Å². The van der Waals surface area contributed by atoms with Gasteiger partial charge >= 0.3 is 11.7 Å². The van der Waals surface area contributed by atoms with E-state index in [4.69, 9.17) is 4.74 Å². The maximum absolute atomic E-state index is 14.3. The molecule has 0 heterocycles. The normalized spacial score (nSPS) is 11.2. The first-order valence-corrected chi connectivity index (χ1v) is 7.09. The van der Waals surface area contributed by atoms with Crippen LogP contribution in [0.15, 0.2) is 11.8 Å². The Kier molecular flexibility index (Phi) is 6.66. The minimum absolute atomic E-state index is 0.0610. The summed E-state index contributed by atoms with van der Waals surface area (Å²) in [4.78, 5) is 34.0. The molecule has 0 atom stereocenters. The average Bonchev–Trinajstić information content (AvgIpc) is 2.57. The summed E-state index contributed by atoms with van der Waals surface area (Å²) in [5.41, 5.74) is -4.74. The molecule has 1 aromatic rings. The molecule has 0 aromatic heterocycles. The third-order valence-electron chi connectivity index (χ3n) is 3.12. The van der Waals surface area contributed by atoms with Gasteiger partial charge in [0.2, 0.25) is 11.6 Å². The van der Waals surface area contributed by atoms with Crippen LogP contribution in [0.1, 0.15) is 29.3 Å². The second kappa shape index (κ2) is 8.27. The van der Waals surface area contributed by atoms with Crippen LogP contribution in [0, 0.1) is 34.5 Å². The first-order valence-electron chi connectivity index (χ1n) is 7.09. The molecule has 0 saturated carbocycles. The fourth-order valence-corrected chi connectivity index (χ4v) is 1.91. The molecule has 25 heavy (non-hydrogen) atoms. The van der Waals surface area contributed by atoms with Gasteiger partial charge in [0.25, 0.3) is 0 Å². The molecule has 0 bridgehead atoms. The molecule has 0 unspecified atom stereocenters. The molecule has 0 radical (unpaired) electrons. The fourth-order valence-electron chi connectivity index (χ4n) is 1.91. The Bertz CT molecular complexity index is 762. The molecule has 136 valence electrons. The zero-order valence-corrected chi connectivity index (χ0v) is 13.6. The van der Waals surface area contributed by atoms with E-state index in [0.29, 0.717) is 6.42 Å². The predicted molar refractivity (Wildman–Crippen MR) is 80.4 cm³/mol. The van der Waals surface area contributed by atoms with Crippen molar-refractivity contribution in [3.05, 3.63) is 50.5 Å². The number of benzene rings is 1. The number of carbonyl (C=O) groups excluding carboxylic acids is 2. The van der Waals surface area contributed by atoms with Crippen molar-refractivity contribution in [3.63, 3.8) is 0 Å². The minimum Gasteiger partial charge on any atom is -0.462 e. The lowest BCUT2D eigenvalue weighted by atomic mass is 9.98. The summed E-state index contributed by atoms with van der Waals surface area (Å²) in [5.74, 6) is -8.08. The third kappa shape index (κ3) is 3.95. The number of nitro benzene ring substituents is 1. The molecule has 1 aromatic carbocycles. The van der Waals surface area contributed by atoms with Gasteiger partial charge in [0.1, 0.15) is 17.0 Å². The number of nitrogens with zero attached hydrogens (tertiary/aromatic N) is 1. The van der Waals surface area contributed by atoms with Gasteiger partial charge < -0.3 is 10.1 Å². The van der Waals surface area contributed by atoms with Crippen LogP contribution in [0.25, 0.3) is 0 Å². The number of halogens is 3. The van der Waals surface area contributed by atoms with E-state index < -0.39 is 56.5 Å². The SMILES string of the molecule is CCCOC(=O)/C(=C/NC)C(=O)c1c(F)c(C)c(F)c(F)c1[N+](=O)[O-]. The van der Waals surface area contributed by atoms with E-state index in [2.05, 4.69) is 5.32 Å². The number of ketones is 1. The predicted octanol–water partition coefficient (Wildman–Crippen LogP) is 2.56. The van der Waals surface area contributed by atoms with Gasteiger partial charge in [-0.1, -0.05) is 6.92 Å². The molecule has 10 heteroatoms. The zero-order chi connectivity index (χ0) is 19.3. The number of Topliss-reactive ketones (excluding diaryl/α,β-unsaturated/α-hetero) is 1. The number of hydrogen-bond donors (Lipinski definition) is 1. The highest BCUT2D eigenvalue weighted by atomic mass is 19.2. The van der Waals surface area contributed by atoms with Gasteiger partial charge in [0.15, 0.2) is 5.82 Å². The molecule has 1 rings (SSSR count). The number of rotatable bonds is 7. The molecular weight excluding hydrogens is 345 g/mol. The number of nitrogens with one attached hydrogen (secondary N) is 1. The van der Waals surface area contributed by atoms with E-state index in [0.717, 1.165) is 13.1 Å². The topological polar surface area (TPSA) is 98.5 Å². The smallest absolute Gasteiger partial charge is 0.343 e. The van der Waals surface area contributed by atoms with Crippen LogP contribution < -0.4 is 5.32 Å². The van der Waals surface area contributed by atoms with Crippen LogP contribution in [0.4, 0.5) is 18.9 Å². The lowest BCUT2D eigenvalue weighted by molar-refractivity contribution is -0.388. The van der Waals surface area contributed by atoms with Crippen LogP contribution in [0.5, 0.6) is 0 Å². The first kappa shape index (κ1) is 20.1. The van der Waals surface area contributed by atoms with Crippen molar-refractivity contribution in [1.82, 2.24) is 5.32 Å². The van der Waals surface area contributed by atoms with E-state index in [9.17, 15) is 32.9 Å². The Balaban J connectivity index is 3.62. The molecule has 0 fully saturated rings. The Morgan fingerprint density at radius 3 is 2.32 bits per heavy atom. The van der Waals surface area contributed by atoms with Crippen molar-refractivity contribution in [2.75, 3.05) is 13.7 Å². The molecule has 7 nitrogen and oxygen atoms in total. The Labute approximate surface area is 140 Å². The van der Waals surface area contributed by atoms with Crippen molar-refractivity contribution < 1.29 is 32.4 Å². The van der Waals surface area contributed by atoms with Gasteiger partial charge in [-0.15, -0.1) is 0 Å². The average molecular weight is 360 g/mol. The number of hydrogen-bond acceptors (Lipinski definition) is 6. The van der Waals surface area contributed by atoms with Crippen molar-refractivity contribution >= 4 is 17.4 Å². The zero-order valence-electron chi connectivity index (χ0n) is 13.6. The summed E-state index contributed by atoms with van der Waals surface area (Å²) >= 11 is 0. The summed E-state index contributed by atoms with van der Waals surface area (Å²) in [5, 5.41) is 13.4. The van der Waals surface area contributed by atoms with Crippen LogP contribution in [0.3, 0.4) is 0 Å². The van der Waals surface area contributed by atoms with Crippen molar-refractivity contribution in [2.24, 2.45) is 0 Å². The highest BCUT2D eigenvalue weighted by Crippen LogP contribution is 2.32.